The number of aromatic nitrogens is 1. The van der Waals surface area contributed by atoms with Crippen LogP contribution in [-0.2, 0) is 11.4 Å². The van der Waals surface area contributed by atoms with Crippen molar-refractivity contribution >= 4 is 39.8 Å². The van der Waals surface area contributed by atoms with E-state index in [1.807, 2.05) is 55.5 Å². The molecular formula is C21H20ClN3O2S. The second-order valence-electron chi connectivity index (χ2n) is 6.52. The van der Waals surface area contributed by atoms with Gasteiger partial charge >= 0.3 is 0 Å². The third kappa shape index (κ3) is 3.98. The molecule has 1 aliphatic rings. The van der Waals surface area contributed by atoms with E-state index < -0.39 is 0 Å². The molecule has 144 valence electrons. The van der Waals surface area contributed by atoms with Crippen LogP contribution in [0.25, 0.3) is 0 Å². The molecule has 0 radical (unpaired) electrons. The summed E-state index contributed by atoms with van der Waals surface area (Å²) in [6, 6.07) is 15.5. The Morgan fingerprint density at radius 1 is 1.29 bits per heavy atom. The zero-order valence-corrected chi connectivity index (χ0v) is 16.9. The zero-order chi connectivity index (χ0) is 19.5. The Morgan fingerprint density at radius 3 is 2.96 bits per heavy atom. The summed E-state index contributed by atoms with van der Waals surface area (Å²) in [6.45, 7) is 3.21. The van der Waals surface area contributed by atoms with E-state index in [9.17, 15) is 4.79 Å². The molecular weight excluding hydrogens is 394 g/mol. The largest absolute Gasteiger partial charge is 0.489 e. The van der Waals surface area contributed by atoms with E-state index in [1.165, 1.54) is 0 Å². The number of rotatable bonds is 6. The number of ether oxygens (including phenoxy) is 1. The number of nitrogens with zero attached hydrogens (tertiary/aromatic N) is 1. The first kappa shape index (κ1) is 18.8. The average Bonchev–Trinajstić information content (AvgIpc) is 3.09. The van der Waals surface area contributed by atoms with E-state index in [1.54, 1.807) is 11.3 Å². The minimum absolute atomic E-state index is 0.0202. The molecule has 0 fully saturated rings. The van der Waals surface area contributed by atoms with Crippen molar-refractivity contribution in [3.63, 3.8) is 0 Å². The summed E-state index contributed by atoms with van der Waals surface area (Å²) < 4.78 is 5.95. The molecule has 2 heterocycles. The second kappa shape index (κ2) is 8.20. The Hall–Kier alpha value is -2.57. The molecule has 1 aromatic heterocycles. The lowest BCUT2D eigenvalue weighted by molar-refractivity contribution is -0.116. The van der Waals surface area contributed by atoms with Gasteiger partial charge in [-0.3, -0.25) is 4.79 Å². The highest BCUT2D eigenvalue weighted by molar-refractivity contribution is 7.16. The fourth-order valence-corrected chi connectivity index (χ4v) is 4.52. The molecule has 1 aliphatic heterocycles. The molecule has 2 N–H and O–H groups in total. The first-order valence-electron chi connectivity index (χ1n) is 9.14. The number of halogens is 1. The molecule has 7 heteroatoms. The Labute approximate surface area is 172 Å². The summed E-state index contributed by atoms with van der Waals surface area (Å²) in [7, 11) is 0. The van der Waals surface area contributed by atoms with Crippen molar-refractivity contribution in [3.8, 4) is 5.75 Å². The van der Waals surface area contributed by atoms with E-state index >= 15 is 0 Å². The van der Waals surface area contributed by atoms with E-state index in [2.05, 4.69) is 15.6 Å². The van der Waals surface area contributed by atoms with Crippen LogP contribution in [0.15, 0.2) is 48.5 Å². The van der Waals surface area contributed by atoms with Crippen LogP contribution < -0.4 is 15.4 Å². The highest BCUT2D eigenvalue weighted by Gasteiger charge is 2.30. The van der Waals surface area contributed by atoms with Gasteiger partial charge in [0.25, 0.3) is 0 Å². The van der Waals surface area contributed by atoms with Gasteiger partial charge < -0.3 is 15.4 Å². The Bertz CT molecular complexity index is 1000. The van der Waals surface area contributed by atoms with Crippen molar-refractivity contribution in [2.24, 2.45) is 0 Å². The summed E-state index contributed by atoms with van der Waals surface area (Å²) in [6.07, 6.45) is 0.398. The lowest BCUT2D eigenvalue weighted by atomic mass is 9.91. The lowest BCUT2D eigenvalue weighted by Gasteiger charge is -2.22. The Balaban J connectivity index is 1.57. The first-order valence-corrected chi connectivity index (χ1v) is 10.3. The number of fused-ring (bicyclic) bond motifs is 1. The number of hydrogen-bond acceptors (Lipinski definition) is 5. The Morgan fingerprint density at radius 2 is 2.14 bits per heavy atom. The van der Waals surface area contributed by atoms with Crippen LogP contribution in [0.5, 0.6) is 5.75 Å². The normalized spacial score (nSPS) is 15.6. The quantitative estimate of drug-likeness (QED) is 0.577. The van der Waals surface area contributed by atoms with E-state index in [4.69, 9.17) is 16.3 Å². The standard InChI is InChI=1S/C21H20ClN3O2S/c1-2-23-21-25-20-19(28-21)16(11-18(26)24-20)13-7-5-8-15(10-13)27-12-14-6-3-4-9-17(14)22/h3-10,16H,2,11-12H2,1H3,(H,23,25)(H,24,26)/t16-/m0/s1. The van der Waals surface area contributed by atoms with E-state index in [-0.39, 0.29) is 11.8 Å². The fraction of sp³-hybridized carbons (Fsp3) is 0.238. The van der Waals surface area contributed by atoms with Gasteiger partial charge in [-0.05, 0) is 30.7 Å². The third-order valence-corrected chi connectivity index (χ3v) is 6.05. The highest BCUT2D eigenvalue weighted by Crippen LogP contribution is 2.42. The molecule has 28 heavy (non-hydrogen) atoms. The van der Waals surface area contributed by atoms with Crippen molar-refractivity contribution in [2.45, 2.75) is 25.9 Å². The number of hydrogen-bond donors (Lipinski definition) is 2. The van der Waals surface area contributed by atoms with Gasteiger partial charge in [-0.25, -0.2) is 4.98 Å². The maximum Gasteiger partial charge on any atom is 0.226 e. The van der Waals surface area contributed by atoms with Gasteiger partial charge in [0.15, 0.2) is 5.13 Å². The molecule has 0 spiro atoms. The number of carbonyl (C=O) groups is 1. The number of nitrogens with one attached hydrogen (secondary N) is 2. The van der Waals surface area contributed by atoms with Crippen LogP contribution in [0.4, 0.5) is 10.9 Å². The summed E-state index contributed by atoms with van der Waals surface area (Å²) in [5.41, 5.74) is 1.98. The summed E-state index contributed by atoms with van der Waals surface area (Å²) in [5.74, 6) is 1.36. The van der Waals surface area contributed by atoms with Gasteiger partial charge in [0.1, 0.15) is 18.2 Å². The Kier molecular flexibility index (Phi) is 5.50. The van der Waals surface area contributed by atoms with Crippen LogP contribution in [0.3, 0.4) is 0 Å². The highest BCUT2D eigenvalue weighted by atomic mass is 35.5. The van der Waals surface area contributed by atoms with Crippen LogP contribution >= 0.6 is 22.9 Å². The van der Waals surface area contributed by atoms with Gasteiger partial charge in [-0.15, -0.1) is 0 Å². The van der Waals surface area contributed by atoms with E-state index in [0.717, 1.165) is 33.4 Å². The number of carbonyl (C=O) groups excluding carboxylic acids is 1. The third-order valence-electron chi connectivity index (χ3n) is 4.56. The van der Waals surface area contributed by atoms with Crippen molar-refractivity contribution in [1.82, 2.24) is 4.98 Å². The van der Waals surface area contributed by atoms with Gasteiger partial charge in [0.05, 0.1) is 4.88 Å². The summed E-state index contributed by atoms with van der Waals surface area (Å²) >= 11 is 7.80. The van der Waals surface area contributed by atoms with Crippen molar-refractivity contribution in [2.75, 3.05) is 17.2 Å². The van der Waals surface area contributed by atoms with Gasteiger partial charge in [0, 0.05) is 29.5 Å². The number of anilines is 2. The van der Waals surface area contributed by atoms with Crippen LogP contribution in [0.1, 0.15) is 35.3 Å². The first-order chi connectivity index (χ1) is 13.6. The molecule has 1 amide bonds. The number of amides is 1. The molecule has 0 saturated carbocycles. The fourth-order valence-electron chi connectivity index (χ4n) is 3.21. The summed E-state index contributed by atoms with van der Waals surface area (Å²) in [4.78, 5) is 17.8. The van der Waals surface area contributed by atoms with E-state index in [0.29, 0.717) is 23.9 Å². The van der Waals surface area contributed by atoms with Crippen LogP contribution in [0.2, 0.25) is 5.02 Å². The zero-order valence-electron chi connectivity index (χ0n) is 15.4. The minimum Gasteiger partial charge on any atom is -0.489 e. The van der Waals surface area contributed by atoms with Crippen molar-refractivity contribution in [3.05, 3.63) is 69.6 Å². The van der Waals surface area contributed by atoms with Crippen LogP contribution in [-0.4, -0.2) is 17.4 Å². The monoisotopic (exact) mass is 413 g/mol. The molecule has 2 aromatic carbocycles. The second-order valence-corrected chi connectivity index (χ2v) is 7.96. The van der Waals surface area contributed by atoms with Gasteiger partial charge in [-0.2, -0.15) is 0 Å². The van der Waals surface area contributed by atoms with Crippen molar-refractivity contribution < 1.29 is 9.53 Å². The maximum absolute atomic E-state index is 12.2. The summed E-state index contributed by atoms with van der Waals surface area (Å²) in [5, 5.41) is 7.62. The van der Waals surface area contributed by atoms with Gasteiger partial charge in [0.2, 0.25) is 5.91 Å². The van der Waals surface area contributed by atoms with Crippen LogP contribution in [0, 0.1) is 0 Å². The number of thiazole rings is 1. The molecule has 0 bridgehead atoms. The number of benzene rings is 2. The minimum atomic E-state index is -0.0301. The smallest absolute Gasteiger partial charge is 0.226 e. The van der Waals surface area contributed by atoms with Gasteiger partial charge in [-0.1, -0.05) is 53.3 Å². The molecule has 3 aromatic rings. The molecule has 0 aliphatic carbocycles. The predicted octanol–water partition coefficient (Wildman–Crippen LogP) is 5.28. The molecule has 4 rings (SSSR count). The average molecular weight is 414 g/mol. The maximum atomic E-state index is 12.2. The molecule has 0 saturated heterocycles. The predicted molar refractivity (Wildman–Crippen MR) is 114 cm³/mol. The van der Waals surface area contributed by atoms with Crippen molar-refractivity contribution in [1.29, 1.82) is 0 Å². The molecule has 0 unspecified atom stereocenters. The lowest BCUT2D eigenvalue weighted by Crippen LogP contribution is -2.22. The SMILES string of the molecule is CCNc1nc2c(s1)[C@H](c1cccc(OCc3ccccc3Cl)c1)CC(=O)N2. The molecule has 1 atom stereocenters. The molecule has 5 nitrogen and oxygen atoms in total. The topological polar surface area (TPSA) is 63.3 Å².